The predicted molar refractivity (Wildman–Crippen MR) is 76.9 cm³/mol. The summed E-state index contributed by atoms with van der Waals surface area (Å²) in [4.78, 5) is 1.05. The first-order valence-electron chi connectivity index (χ1n) is 6.27. The van der Waals surface area contributed by atoms with Gasteiger partial charge in [0.15, 0.2) is 0 Å². The molecule has 0 spiro atoms. The van der Waals surface area contributed by atoms with Crippen molar-refractivity contribution in [2.24, 2.45) is 5.73 Å². The highest BCUT2D eigenvalue weighted by Crippen LogP contribution is 2.35. The topological polar surface area (TPSA) is 46.2 Å². The quantitative estimate of drug-likeness (QED) is 0.869. The number of aliphatic hydroxyl groups excluding tert-OH is 1. The van der Waals surface area contributed by atoms with E-state index in [1.54, 1.807) is 11.3 Å². The zero-order valence-corrected chi connectivity index (χ0v) is 11.4. The molecule has 2 unspecified atom stereocenters. The van der Waals surface area contributed by atoms with Gasteiger partial charge in [-0.15, -0.1) is 11.3 Å². The molecular formula is C15H19NOS. The number of aliphatic hydroxyl groups is 1. The van der Waals surface area contributed by atoms with Crippen LogP contribution in [0.5, 0.6) is 0 Å². The van der Waals surface area contributed by atoms with Crippen molar-refractivity contribution in [2.75, 3.05) is 6.54 Å². The summed E-state index contributed by atoms with van der Waals surface area (Å²) in [6.45, 7) is 2.56. The van der Waals surface area contributed by atoms with E-state index in [-0.39, 0.29) is 5.92 Å². The van der Waals surface area contributed by atoms with Gasteiger partial charge in [0, 0.05) is 17.3 Å². The first-order valence-corrected chi connectivity index (χ1v) is 7.15. The van der Waals surface area contributed by atoms with Gasteiger partial charge < -0.3 is 10.8 Å². The number of aryl methyl sites for hydroxylation is 1. The summed E-state index contributed by atoms with van der Waals surface area (Å²) < 4.78 is 0. The Morgan fingerprint density at radius 2 is 1.94 bits per heavy atom. The summed E-state index contributed by atoms with van der Waals surface area (Å²) in [5, 5.41) is 12.6. The van der Waals surface area contributed by atoms with Gasteiger partial charge in [-0.3, -0.25) is 0 Å². The number of hydrogen-bond donors (Lipinski definition) is 2. The number of rotatable bonds is 5. The minimum atomic E-state index is -0.507. The SMILES string of the molecule is CCc1ccsc1C(O)C(CN)c1ccccc1. The third-order valence-corrected chi connectivity index (χ3v) is 4.32. The third kappa shape index (κ3) is 2.64. The van der Waals surface area contributed by atoms with Gasteiger partial charge in [-0.1, -0.05) is 37.3 Å². The van der Waals surface area contributed by atoms with Crippen LogP contribution in [0.15, 0.2) is 41.8 Å². The molecule has 0 fully saturated rings. The molecule has 0 bridgehead atoms. The zero-order chi connectivity index (χ0) is 13.0. The van der Waals surface area contributed by atoms with Crippen LogP contribution in [0.1, 0.15) is 34.9 Å². The molecule has 2 nitrogen and oxygen atoms in total. The van der Waals surface area contributed by atoms with Gasteiger partial charge in [-0.25, -0.2) is 0 Å². The molecule has 0 aliphatic rings. The second-order valence-corrected chi connectivity index (χ2v) is 5.31. The van der Waals surface area contributed by atoms with Crippen LogP contribution in [-0.2, 0) is 6.42 Å². The van der Waals surface area contributed by atoms with E-state index in [0.29, 0.717) is 6.54 Å². The van der Waals surface area contributed by atoms with E-state index < -0.39 is 6.10 Å². The lowest BCUT2D eigenvalue weighted by atomic mass is 9.91. The number of nitrogens with two attached hydrogens (primary N) is 1. The standard InChI is InChI=1S/C15H19NOS/c1-2-11-8-9-18-15(11)14(17)13(10-16)12-6-4-3-5-7-12/h3-9,13-14,17H,2,10,16H2,1H3. The molecule has 1 aromatic heterocycles. The smallest absolute Gasteiger partial charge is 0.0965 e. The molecule has 2 rings (SSSR count). The summed E-state index contributed by atoms with van der Waals surface area (Å²) in [6.07, 6.45) is 0.439. The lowest BCUT2D eigenvalue weighted by Gasteiger charge is -2.22. The Labute approximate surface area is 112 Å². The van der Waals surface area contributed by atoms with Crippen molar-refractivity contribution in [3.05, 3.63) is 57.8 Å². The molecule has 3 N–H and O–H groups in total. The Balaban J connectivity index is 2.28. The van der Waals surface area contributed by atoms with Crippen molar-refractivity contribution >= 4 is 11.3 Å². The fourth-order valence-electron chi connectivity index (χ4n) is 2.23. The van der Waals surface area contributed by atoms with Crippen molar-refractivity contribution in [3.63, 3.8) is 0 Å². The first kappa shape index (κ1) is 13.3. The maximum Gasteiger partial charge on any atom is 0.0965 e. The van der Waals surface area contributed by atoms with Crippen LogP contribution < -0.4 is 5.73 Å². The van der Waals surface area contributed by atoms with Gasteiger partial charge in [0.05, 0.1) is 6.10 Å². The summed E-state index contributed by atoms with van der Waals surface area (Å²) in [5.74, 6) is -0.0323. The van der Waals surface area contributed by atoms with Gasteiger partial charge in [0.2, 0.25) is 0 Å². The van der Waals surface area contributed by atoms with Gasteiger partial charge in [-0.2, -0.15) is 0 Å². The molecule has 1 aromatic carbocycles. The molecule has 0 aliphatic heterocycles. The largest absolute Gasteiger partial charge is 0.387 e. The Hall–Kier alpha value is -1.16. The van der Waals surface area contributed by atoms with Crippen LogP contribution in [0, 0.1) is 0 Å². The maximum atomic E-state index is 10.6. The minimum Gasteiger partial charge on any atom is -0.387 e. The van der Waals surface area contributed by atoms with Gasteiger partial charge in [0.1, 0.15) is 0 Å². The molecule has 18 heavy (non-hydrogen) atoms. The summed E-state index contributed by atoms with van der Waals surface area (Å²) in [6, 6.07) is 12.1. The van der Waals surface area contributed by atoms with E-state index in [2.05, 4.69) is 13.0 Å². The summed E-state index contributed by atoms with van der Waals surface area (Å²) in [7, 11) is 0. The van der Waals surface area contributed by atoms with Crippen LogP contribution in [-0.4, -0.2) is 11.7 Å². The van der Waals surface area contributed by atoms with Crippen molar-refractivity contribution in [2.45, 2.75) is 25.4 Å². The van der Waals surface area contributed by atoms with Gasteiger partial charge in [-0.05, 0) is 29.0 Å². The summed E-state index contributed by atoms with van der Waals surface area (Å²) in [5.41, 5.74) is 8.17. The Kier molecular flexibility index (Phi) is 4.53. The third-order valence-electron chi connectivity index (χ3n) is 3.29. The first-order chi connectivity index (χ1) is 8.77. The van der Waals surface area contributed by atoms with E-state index in [4.69, 9.17) is 5.73 Å². The normalized spacial score (nSPS) is 14.4. The lowest BCUT2D eigenvalue weighted by molar-refractivity contribution is 0.150. The molecule has 2 aromatic rings. The lowest BCUT2D eigenvalue weighted by Crippen LogP contribution is -2.20. The molecule has 0 saturated carbocycles. The van der Waals surface area contributed by atoms with Crippen LogP contribution >= 0.6 is 11.3 Å². The Morgan fingerprint density at radius 3 is 2.56 bits per heavy atom. The number of benzene rings is 1. The molecule has 0 amide bonds. The molecule has 0 saturated heterocycles. The van der Waals surface area contributed by atoms with Gasteiger partial charge in [0.25, 0.3) is 0 Å². The molecule has 3 heteroatoms. The minimum absolute atomic E-state index is 0.0323. The van der Waals surface area contributed by atoms with E-state index >= 15 is 0 Å². The molecule has 1 heterocycles. The van der Waals surface area contributed by atoms with Crippen molar-refractivity contribution in [1.82, 2.24) is 0 Å². The van der Waals surface area contributed by atoms with Crippen LogP contribution in [0.2, 0.25) is 0 Å². The van der Waals surface area contributed by atoms with E-state index in [1.807, 2.05) is 35.7 Å². The highest BCUT2D eigenvalue weighted by atomic mass is 32.1. The number of hydrogen-bond acceptors (Lipinski definition) is 3. The van der Waals surface area contributed by atoms with Crippen LogP contribution in [0.3, 0.4) is 0 Å². The molecule has 0 aliphatic carbocycles. The monoisotopic (exact) mass is 261 g/mol. The average molecular weight is 261 g/mol. The van der Waals surface area contributed by atoms with Crippen molar-refractivity contribution in [3.8, 4) is 0 Å². The van der Waals surface area contributed by atoms with E-state index in [1.165, 1.54) is 5.56 Å². The Bertz CT molecular complexity index is 480. The molecule has 0 radical (unpaired) electrons. The average Bonchev–Trinajstić information content (AvgIpc) is 2.89. The summed E-state index contributed by atoms with van der Waals surface area (Å²) >= 11 is 1.62. The Morgan fingerprint density at radius 1 is 1.22 bits per heavy atom. The van der Waals surface area contributed by atoms with Crippen molar-refractivity contribution in [1.29, 1.82) is 0 Å². The zero-order valence-electron chi connectivity index (χ0n) is 10.5. The second kappa shape index (κ2) is 6.14. The molecule has 2 atom stereocenters. The highest BCUT2D eigenvalue weighted by Gasteiger charge is 2.24. The fraction of sp³-hybridized carbons (Fsp3) is 0.333. The van der Waals surface area contributed by atoms with Crippen molar-refractivity contribution < 1.29 is 5.11 Å². The molecule has 96 valence electrons. The molecular weight excluding hydrogens is 242 g/mol. The fourth-order valence-corrected chi connectivity index (χ4v) is 3.28. The van der Waals surface area contributed by atoms with Crippen LogP contribution in [0.25, 0.3) is 0 Å². The van der Waals surface area contributed by atoms with Crippen LogP contribution in [0.4, 0.5) is 0 Å². The maximum absolute atomic E-state index is 10.6. The number of thiophene rings is 1. The predicted octanol–water partition coefficient (Wildman–Crippen LogP) is 3.09. The highest BCUT2D eigenvalue weighted by molar-refractivity contribution is 7.10. The van der Waals surface area contributed by atoms with E-state index in [9.17, 15) is 5.11 Å². The van der Waals surface area contributed by atoms with Gasteiger partial charge >= 0.3 is 0 Å². The van der Waals surface area contributed by atoms with E-state index in [0.717, 1.165) is 16.9 Å². The second-order valence-electron chi connectivity index (χ2n) is 4.36.